The van der Waals surface area contributed by atoms with Crippen LogP contribution in [0.3, 0.4) is 0 Å². The Balaban J connectivity index is 1.98. The molecular formula is C20H26ClNO5. The van der Waals surface area contributed by atoms with Gasteiger partial charge < -0.3 is 19.1 Å². The number of hydrogen-bond donors (Lipinski definition) is 0. The molecule has 148 valence electrons. The minimum absolute atomic E-state index is 0.146. The molecule has 1 atom stereocenters. The molecule has 27 heavy (non-hydrogen) atoms. The second-order valence-electron chi connectivity index (χ2n) is 6.39. The fourth-order valence-electron chi connectivity index (χ4n) is 3.01. The third kappa shape index (κ3) is 5.89. The zero-order chi connectivity index (χ0) is 19.8. The van der Waals surface area contributed by atoms with E-state index in [9.17, 15) is 9.59 Å². The molecule has 0 aromatic heterocycles. The molecule has 1 saturated heterocycles. The monoisotopic (exact) mass is 395 g/mol. The van der Waals surface area contributed by atoms with E-state index in [4.69, 9.17) is 25.8 Å². The summed E-state index contributed by atoms with van der Waals surface area (Å²) in [7, 11) is 3.01. The quantitative estimate of drug-likeness (QED) is 0.542. The van der Waals surface area contributed by atoms with Gasteiger partial charge in [-0.15, -0.1) is 0 Å². The van der Waals surface area contributed by atoms with Crippen molar-refractivity contribution >= 4 is 29.6 Å². The summed E-state index contributed by atoms with van der Waals surface area (Å²) < 4.78 is 15.7. The molecule has 0 spiro atoms. The highest BCUT2D eigenvalue weighted by Gasteiger charge is 2.23. The van der Waals surface area contributed by atoms with Gasteiger partial charge >= 0.3 is 5.97 Å². The molecular weight excluding hydrogens is 370 g/mol. The van der Waals surface area contributed by atoms with Crippen LogP contribution in [0.4, 0.5) is 0 Å². The Morgan fingerprint density at radius 1 is 1.11 bits per heavy atom. The number of ether oxygens (including phenoxy) is 3. The predicted octanol–water partition coefficient (Wildman–Crippen LogP) is 3.70. The van der Waals surface area contributed by atoms with Crippen molar-refractivity contribution in [2.45, 2.75) is 38.7 Å². The van der Waals surface area contributed by atoms with Crippen LogP contribution < -0.4 is 9.47 Å². The first-order chi connectivity index (χ1) is 13.0. The first-order valence-electron chi connectivity index (χ1n) is 9.05. The highest BCUT2D eigenvalue weighted by Crippen LogP contribution is 2.36. The van der Waals surface area contributed by atoms with Gasteiger partial charge in [0, 0.05) is 19.2 Å². The lowest BCUT2D eigenvalue weighted by Crippen LogP contribution is -2.40. The molecule has 0 aliphatic carbocycles. The van der Waals surface area contributed by atoms with E-state index in [2.05, 4.69) is 0 Å². The molecule has 0 unspecified atom stereocenters. The van der Waals surface area contributed by atoms with Crippen LogP contribution in [-0.2, 0) is 14.3 Å². The Kier molecular flexibility index (Phi) is 7.98. The summed E-state index contributed by atoms with van der Waals surface area (Å²) in [5.74, 6) is 0.155. The van der Waals surface area contributed by atoms with Gasteiger partial charge in [-0.1, -0.05) is 24.4 Å². The maximum absolute atomic E-state index is 12.4. The van der Waals surface area contributed by atoms with Gasteiger partial charge in [-0.25, -0.2) is 4.79 Å². The van der Waals surface area contributed by atoms with Crippen LogP contribution in [0.1, 0.15) is 38.2 Å². The molecule has 1 fully saturated rings. The van der Waals surface area contributed by atoms with Gasteiger partial charge in [-0.05, 0) is 43.5 Å². The molecule has 2 rings (SSSR count). The lowest BCUT2D eigenvalue weighted by Gasteiger charge is -2.23. The molecule has 1 amide bonds. The van der Waals surface area contributed by atoms with Crippen molar-refractivity contribution in [1.82, 2.24) is 4.90 Å². The molecule has 0 N–H and O–H groups in total. The van der Waals surface area contributed by atoms with Gasteiger partial charge in [0.15, 0.2) is 17.6 Å². The molecule has 0 bridgehead atoms. The largest absolute Gasteiger partial charge is 0.493 e. The molecule has 1 aromatic rings. The number of carbonyl (C=O) groups excluding carboxylic acids is 2. The van der Waals surface area contributed by atoms with Crippen molar-refractivity contribution < 1.29 is 23.8 Å². The Hall–Kier alpha value is -2.21. The zero-order valence-corrected chi connectivity index (χ0v) is 16.8. The van der Waals surface area contributed by atoms with E-state index in [1.54, 1.807) is 30.0 Å². The van der Waals surface area contributed by atoms with Crippen LogP contribution in [-0.4, -0.2) is 50.2 Å². The molecule has 1 aliphatic heterocycles. The first-order valence-corrected chi connectivity index (χ1v) is 9.43. The Labute approximate surface area is 165 Å². The van der Waals surface area contributed by atoms with Gasteiger partial charge in [0.2, 0.25) is 0 Å². The Morgan fingerprint density at radius 3 is 2.37 bits per heavy atom. The summed E-state index contributed by atoms with van der Waals surface area (Å²) in [6, 6.07) is 3.35. The van der Waals surface area contributed by atoms with Crippen LogP contribution in [0.2, 0.25) is 5.02 Å². The van der Waals surface area contributed by atoms with Crippen molar-refractivity contribution in [2.75, 3.05) is 27.3 Å². The fraction of sp³-hybridized carbons (Fsp3) is 0.500. The number of hydrogen-bond acceptors (Lipinski definition) is 5. The standard InChI is InChI=1S/C20H26ClNO5/c1-14(20(24)22-10-6-4-5-7-11-22)27-18(23)9-8-15-12-16(21)19(26-3)17(13-15)25-2/h8-9,12-14H,4-7,10-11H2,1-3H3/b9-8+/t14-/m1/s1. The minimum Gasteiger partial charge on any atom is -0.493 e. The SMILES string of the molecule is COc1cc(/C=C/C(=O)O[C@H](C)C(=O)N2CCCCCC2)cc(Cl)c1OC. The minimum atomic E-state index is -0.811. The topological polar surface area (TPSA) is 65.1 Å². The summed E-state index contributed by atoms with van der Waals surface area (Å²) in [5, 5.41) is 0.370. The Bertz CT molecular complexity index is 696. The summed E-state index contributed by atoms with van der Waals surface area (Å²) in [4.78, 5) is 26.3. The van der Waals surface area contributed by atoms with E-state index in [0.29, 0.717) is 22.1 Å². The lowest BCUT2D eigenvalue weighted by molar-refractivity contribution is -0.155. The molecule has 0 saturated carbocycles. The Morgan fingerprint density at radius 2 is 1.78 bits per heavy atom. The predicted molar refractivity (Wildman–Crippen MR) is 104 cm³/mol. The van der Waals surface area contributed by atoms with E-state index in [1.165, 1.54) is 20.3 Å². The van der Waals surface area contributed by atoms with Gasteiger partial charge in [-0.2, -0.15) is 0 Å². The number of likely N-dealkylation sites (tertiary alicyclic amines) is 1. The number of amides is 1. The smallest absolute Gasteiger partial charge is 0.331 e. The normalized spacial score (nSPS) is 15.9. The van der Waals surface area contributed by atoms with Crippen LogP contribution in [0, 0.1) is 0 Å². The molecule has 1 aliphatic rings. The number of halogens is 1. The van der Waals surface area contributed by atoms with Crippen LogP contribution in [0.15, 0.2) is 18.2 Å². The maximum atomic E-state index is 12.4. The second-order valence-corrected chi connectivity index (χ2v) is 6.80. The van der Waals surface area contributed by atoms with E-state index >= 15 is 0 Å². The molecule has 1 heterocycles. The van der Waals surface area contributed by atoms with E-state index in [0.717, 1.165) is 38.8 Å². The van der Waals surface area contributed by atoms with Crippen molar-refractivity contribution in [3.05, 3.63) is 28.8 Å². The summed E-state index contributed by atoms with van der Waals surface area (Å²) >= 11 is 6.15. The maximum Gasteiger partial charge on any atom is 0.331 e. The van der Waals surface area contributed by atoms with Crippen LogP contribution in [0.5, 0.6) is 11.5 Å². The van der Waals surface area contributed by atoms with Crippen molar-refractivity contribution in [1.29, 1.82) is 0 Å². The molecule has 0 radical (unpaired) electrons. The van der Waals surface area contributed by atoms with Crippen molar-refractivity contribution in [2.24, 2.45) is 0 Å². The molecule has 7 heteroatoms. The molecule has 1 aromatic carbocycles. The number of esters is 1. The second kappa shape index (κ2) is 10.2. The summed E-state index contributed by atoms with van der Waals surface area (Å²) in [6.45, 7) is 3.05. The van der Waals surface area contributed by atoms with E-state index < -0.39 is 12.1 Å². The number of methoxy groups -OCH3 is 2. The van der Waals surface area contributed by atoms with Crippen molar-refractivity contribution in [3.63, 3.8) is 0 Å². The number of nitrogens with zero attached hydrogens (tertiary/aromatic N) is 1. The number of rotatable bonds is 6. The average Bonchev–Trinajstić information content (AvgIpc) is 2.94. The first kappa shape index (κ1) is 21.1. The van der Waals surface area contributed by atoms with E-state index in [-0.39, 0.29) is 5.91 Å². The van der Waals surface area contributed by atoms with Gasteiger partial charge in [-0.3, -0.25) is 4.79 Å². The third-order valence-corrected chi connectivity index (χ3v) is 4.71. The third-order valence-electron chi connectivity index (χ3n) is 4.43. The van der Waals surface area contributed by atoms with E-state index in [1.807, 2.05) is 0 Å². The van der Waals surface area contributed by atoms with Gasteiger partial charge in [0.25, 0.3) is 5.91 Å². The van der Waals surface area contributed by atoms with Gasteiger partial charge in [0.1, 0.15) is 0 Å². The highest BCUT2D eigenvalue weighted by atomic mass is 35.5. The average molecular weight is 396 g/mol. The number of benzene rings is 1. The fourth-order valence-corrected chi connectivity index (χ4v) is 3.31. The van der Waals surface area contributed by atoms with Crippen molar-refractivity contribution in [3.8, 4) is 11.5 Å². The molecule has 6 nitrogen and oxygen atoms in total. The zero-order valence-electron chi connectivity index (χ0n) is 16.0. The van der Waals surface area contributed by atoms with Gasteiger partial charge in [0.05, 0.1) is 19.2 Å². The van der Waals surface area contributed by atoms with Crippen LogP contribution >= 0.6 is 11.6 Å². The summed E-state index contributed by atoms with van der Waals surface area (Å²) in [6.07, 6.45) is 6.26. The number of carbonyl (C=O) groups is 2. The highest BCUT2D eigenvalue weighted by molar-refractivity contribution is 6.32. The van der Waals surface area contributed by atoms with Crippen LogP contribution in [0.25, 0.3) is 6.08 Å². The summed E-state index contributed by atoms with van der Waals surface area (Å²) in [5.41, 5.74) is 0.654. The lowest BCUT2D eigenvalue weighted by atomic mass is 10.2.